The van der Waals surface area contributed by atoms with E-state index in [-0.39, 0.29) is 33.7 Å². The van der Waals surface area contributed by atoms with Crippen molar-refractivity contribution < 1.29 is 21.2 Å². The van der Waals surface area contributed by atoms with Gasteiger partial charge in [0, 0.05) is 50.3 Å². The second-order valence-corrected chi connectivity index (χ2v) is 14.3. The molecule has 3 atom stereocenters. The molecule has 1 N–H and O–H groups in total. The molecule has 2 aromatic rings. The minimum Gasteiger partial charge on any atom is -0.368 e. The predicted octanol–water partition coefficient (Wildman–Crippen LogP) is 3.53. The number of benzene rings is 2. The van der Waals surface area contributed by atoms with E-state index >= 15 is 0 Å². The van der Waals surface area contributed by atoms with Crippen LogP contribution >= 0.6 is 11.6 Å². The number of hydrogen-bond acceptors (Lipinski definition) is 6. The molecule has 1 saturated heterocycles. The number of sulfonamides is 2. The molecule has 0 radical (unpaired) electrons. The Kier molecular flexibility index (Phi) is 8.52. The summed E-state index contributed by atoms with van der Waals surface area (Å²) in [5.41, 5.74) is 0.529. The van der Waals surface area contributed by atoms with Crippen LogP contribution in [-0.4, -0.2) is 78.4 Å². The van der Waals surface area contributed by atoms with Crippen LogP contribution in [0.4, 0.5) is 10.1 Å². The van der Waals surface area contributed by atoms with E-state index < -0.39 is 20.0 Å². The summed E-state index contributed by atoms with van der Waals surface area (Å²) in [6.07, 6.45) is 4.34. The third kappa shape index (κ3) is 6.12. The van der Waals surface area contributed by atoms with Crippen LogP contribution in [0.5, 0.6) is 0 Å². The van der Waals surface area contributed by atoms with Crippen LogP contribution in [0.15, 0.2) is 52.3 Å². The number of likely N-dealkylation sites (N-methyl/N-ethyl adjacent to an activating group) is 1. The summed E-state index contributed by atoms with van der Waals surface area (Å²) in [6, 6.07) is 9.87. The van der Waals surface area contributed by atoms with Crippen molar-refractivity contribution in [1.29, 1.82) is 0 Å². The van der Waals surface area contributed by atoms with Gasteiger partial charge in [-0.05, 0) is 68.8 Å². The lowest BCUT2D eigenvalue weighted by molar-refractivity contribution is 0.123. The van der Waals surface area contributed by atoms with E-state index in [2.05, 4.69) is 9.62 Å². The predicted molar refractivity (Wildman–Crippen MR) is 143 cm³/mol. The van der Waals surface area contributed by atoms with Crippen LogP contribution in [-0.2, 0) is 20.0 Å². The average Bonchev–Trinajstić information content (AvgIpc) is 3.33. The van der Waals surface area contributed by atoms with E-state index in [1.54, 1.807) is 12.1 Å². The molecule has 2 fully saturated rings. The van der Waals surface area contributed by atoms with Crippen molar-refractivity contribution >= 4 is 37.3 Å². The fourth-order valence-electron chi connectivity index (χ4n) is 5.31. The van der Waals surface area contributed by atoms with E-state index in [0.717, 1.165) is 30.0 Å². The first-order chi connectivity index (χ1) is 17.4. The van der Waals surface area contributed by atoms with Gasteiger partial charge in [-0.15, -0.1) is 0 Å². The second-order valence-electron chi connectivity index (χ2n) is 9.99. The van der Waals surface area contributed by atoms with Gasteiger partial charge in [-0.3, -0.25) is 4.90 Å². The molecule has 12 heteroatoms. The lowest BCUT2D eigenvalue weighted by Gasteiger charge is -2.41. The van der Waals surface area contributed by atoms with Crippen LogP contribution in [0.3, 0.4) is 0 Å². The van der Waals surface area contributed by atoms with Crippen molar-refractivity contribution in [1.82, 2.24) is 13.9 Å². The lowest BCUT2D eigenvalue weighted by atomic mass is 9.89. The average molecular weight is 573 g/mol. The molecule has 0 unspecified atom stereocenters. The van der Waals surface area contributed by atoms with Crippen molar-refractivity contribution in [2.75, 3.05) is 39.1 Å². The van der Waals surface area contributed by atoms with E-state index in [4.69, 9.17) is 11.6 Å². The highest BCUT2D eigenvalue weighted by atomic mass is 35.5. The largest absolute Gasteiger partial charge is 0.368 e. The second kappa shape index (κ2) is 11.2. The van der Waals surface area contributed by atoms with Gasteiger partial charge in [-0.1, -0.05) is 24.4 Å². The van der Waals surface area contributed by atoms with Crippen molar-refractivity contribution in [2.24, 2.45) is 0 Å². The Morgan fingerprint density at radius 2 is 1.59 bits per heavy atom. The molecule has 1 saturated carbocycles. The van der Waals surface area contributed by atoms with Gasteiger partial charge in [0.05, 0.1) is 15.5 Å². The molecular formula is C25H34ClFN4O4S2. The summed E-state index contributed by atoms with van der Waals surface area (Å²) in [6.45, 7) is 1.35. The first kappa shape index (κ1) is 28.3. The Morgan fingerprint density at radius 1 is 0.946 bits per heavy atom. The molecule has 4 rings (SSSR count). The van der Waals surface area contributed by atoms with Crippen molar-refractivity contribution in [2.45, 2.75) is 60.0 Å². The molecule has 1 aliphatic heterocycles. The maximum absolute atomic E-state index is 14.5. The van der Waals surface area contributed by atoms with E-state index in [9.17, 15) is 21.2 Å². The third-order valence-corrected chi connectivity index (χ3v) is 11.0. The smallest absolute Gasteiger partial charge is 0.242 e. The van der Waals surface area contributed by atoms with Crippen LogP contribution in [0.25, 0.3) is 0 Å². The van der Waals surface area contributed by atoms with Crippen LogP contribution < -0.4 is 9.62 Å². The SMILES string of the molecule is CN([C@H]1CCN(c2ccc(Cl)cc2F)C1)[C@@H]1CCCC[C@H]1NS(=O)(=O)c1ccc(S(=O)(=O)N(C)C)cc1. The molecule has 0 aromatic heterocycles. The molecule has 0 bridgehead atoms. The molecule has 0 amide bonds. The highest BCUT2D eigenvalue weighted by Crippen LogP contribution is 2.31. The summed E-state index contributed by atoms with van der Waals surface area (Å²) in [5, 5.41) is 0.361. The zero-order valence-electron chi connectivity index (χ0n) is 21.3. The Labute approximate surface area is 224 Å². The van der Waals surface area contributed by atoms with Crippen LogP contribution in [0.1, 0.15) is 32.1 Å². The normalized spacial score (nSPS) is 23.2. The Hall–Kier alpha value is -1.76. The number of halogens is 2. The van der Waals surface area contributed by atoms with E-state index in [0.29, 0.717) is 30.2 Å². The van der Waals surface area contributed by atoms with Gasteiger partial charge in [-0.25, -0.2) is 30.3 Å². The third-order valence-electron chi connectivity index (χ3n) is 7.46. The quantitative estimate of drug-likeness (QED) is 0.520. The topological polar surface area (TPSA) is 90.0 Å². The highest BCUT2D eigenvalue weighted by Gasteiger charge is 2.37. The first-order valence-corrected chi connectivity index (χ1v) is 15.7. The minimum atomic E-state index is -3.85. The number of rotatable bonds is 8. The van der Waals surface area contributed by atoms with Crippen molar-refractivity contribution in [3.8, 4) is 0 Å². The Morgan fingerprint density at radius 3 is 2.24 bits per heavy atom. The van der Waals surface area contributed by atoms with Gasteiger partial charge in [0.1, 0.15) is 5.82 Å². The van der Waals surface area contributed by atoms with Gasteiger partial charge in [0.25, 0.3) is 0 Å². The summed E-state index contributed by atoms with van der Waals surface area (Å²) in [4.78, 5) is 4.32. The van der Waals surface area contributed by atoms with Crippen molar-refractivity contribution in [3.05, 3.63) is 53.3 Å². The standard InChI is InChI=1S/C25H34ClFN4O4S2/c1-29(2)37(34,35)21-11-9-20(10-12-21)36(32,33)28-23-6-4-5-7-25(23)30(3)19-14-15-31(17-19)24-13-8-18(26)16-22(24)27/h8-13,16,19,23,25,28H,4-7,14-15,17H2,1-3H3/t19-,23+,25+/m0/s1. The van der Waals surface area contributed by atoms with Gasteiger partial charge < -0.3 is 4.90 Å². The van der Waals surface area contributed by atoms with Gasteiger partial charge >= 0.3 is 0 Å². The van der Waals surface area contributed by atoms with Crippen molar-refractivity contribution in [3.63, 3.8) is 0 Å². The maximum Gasteiger partial charge on any atom is 0.242 e. The molecule has 8 nitrogen and oxygen atoms in total. The summed E-state index contributed by atoms with van der Waals surface area (Å²) < 4.78 is 69.6. The molecule has 2 aromatic carbocycles. The summed E-state index contributed by atoms with van der Waals surface area (Å²) >= 11 is 5.91. The van der Waals surface area contributed by atoms with Gasteiger partial charge in [-0.2, -0.15) is 0 Å². The van der Waals surface area contributed by atoms with Gasteiger partial charge in [0.15, 0.2) is 0 Å². The zero-order chi connectivity index (χ0) is 27.0. The van der Waals surface area contributed by atoms with Gasteiger partial charge in [0.2, 0.25) is 20.0 Å². The van der Waals surface area contributed by atoms with E-state index in [1.165, 1.54) is 44.4 Å². The number of anilines is 1. The molecular weight excluding hydrogens is 539 g/mol. The maximum atomic E-state index is 14.5. The molecule has 1 aliphatic carbocycles. The molecule has 37 heavy (non-hydrogen) atoms. The molecule has 204 valence electrons. The Balaban J connectivity index is 1.46. The van der Waals surface area contributed by atoms with E-state index in [1.807, 2.05) is 11.9 Å². The van der Waals surface area contributed by atoms with Crippen LogP contribution in [0, 0.1) is 5.82 Å². The number of hydrogen-bond donors (Lipinski definition) is 1. The summed E-state index contributed by atoms with van der Waals surface area (Å²) in [5.74, 6) is -0.344. The fourth-order valence-corrected chi connectivity index (χ4v) is 7.67. The highest BCUT2D eigenvalue weighted by molar-refractivity contribution is 7.89. The van der Waals surface area contributed by atoms with Crippen LogP contribution in [0.2, 0.25) is 5.02 Å². The first-order valence-electron chi connectivity index (χ1n) is 12.4. The Bertz CT molecular complexity index is 1320. The zero-order valence-corrected chi connectivity index (χ0v) is 23.7. The minimum absolute atomic E-state index is 0.00284. The lowest BCUT2D eigenvalue weighted by Crippen LogP contribution is -2.55. The molecule has 2 aliphatic rings. The number of nitrogens with zero attached hydrogens (tertiary/aromatic N) is 3. The molecule has 0 spiro atoms. The summed E-state index contributed by atoms with van der Waals surface area (Å²) in [7, 11) is -2.63. The molecule has 1 heterocycles. The number of nitrogens with one attached hydrogen (secondary N) is 1. The fraction of sp³-hybridized carbons (Fsp3) is 0.520. The monoisotopic (exact) mass is 572 g/mol.